The lowest BCUT2D eigenvalue weighted by Crippen LogP contribution is -2.44. The minimum Gasteiger partial charge on any atom is -0.480 e. The van der Waals surface area contributed by atoms with Crippen LogP contribution >= 0.6 is 0 Å². The Kier molecular flexibility index (Phi) is 4.15. The Labute approximate surface area is 152 Å². The fourth-order valence-electron chi connectivity index (χ4n) is 4.46. The number of fused-ring (bicyclic) bond motifs is 1. The van der Waals surface area contributed by atoms with Crippen molar-refractivity contribution in [3.8, 4) is 0 Å². The SMILES string of the molecule is CN1CC2(CCN(C(=O)c3cnc4ccccc4c3)CC2)CC1C(=O)O. The number of benzene rings is 1. The Balaban J connectivity index is 1.46. The molecule has 136 valence electrons. The number of aromatic nitrogens is 1. The number of hydrogen-bond acceptors (Lipinski definition) is 4. The predicted molar refractivity (Wildman–Crippen MR) is 98.0 cm³/mol. The molecule has 1 amide bonds. The van der Waals surface area contributed by atoms with E-state index in [-0.39, 0.29) is 11.3 Å². The summed E-state index contributed by atoms with van der Waals surface area (Å²) in [4.78, 5) is 32.5. The van der Waals surface area contributed by atoms with Crippen LogP contribution in [0.1, 0.15) is 29.6 Å². The molecule has 6 heteroatoms. The number of para-hydroxylation sites is 1. The van der Waals surface area contributed by atoms with Gasteiger partial charge in [-0.25, -0.2) is 0 Å². The second kappa shape index (κ2) is 6.36. The molecule has 6 nitrogen and oxygen atoms in total. The molecule has 1 unspecified atom stereocenters. The summed E-state index contributed by atoms with van der Waals surface area (Å²) in [6.45, 7) is 2.14. The molecule has 0 bridgehead atoms. The van der Waals surface area contributed by atoms with Crippen LogP contribution in [-0.4, -0.2) is 64.5 Å². The van der Waals surface area contributed by atoms with Gasteiger partial charge in [-0.3, -0.25) is 19.5 Å². The number of carboxylic acid groups (broad SMARTS) is 1. The molecule has 1 aromatic carbocycles. The van der Waals surface area contributed by atoms with E-state index in [0.29, 0.717) is 25.1 Å². The summed E-state index contributed by atoms with van der Waals surface area (Å²) in [7, 11) is 1.88. The average molecular weight is 353 g/mol. The molecule has 2 aliphatic rings. The van der Waals surface area contributed by atoms with Gasteiger partial charge in [-0.05, 0) is 43.9 Å². The normalized spacial score (nSPS) is 22.8. The molecule has 1 aromatic heterocycles. The second-order valence-electron chi connectivity index (χ2n) is 7.68. The van der Waals surface area contributed by atoms with Crippen molar-refractivity contribution >= 4 is 22.8 Å². The molecule has 1 N–H and O–H groups in total. The highest BCUT2D eigenvalue weighted by Gasteiger charge is 2.47. The summed E-state index contributed by atoms with van der Waals surface area (Å²) in [5, 5.41) is 10.3. The van der Waals surface area contributed by atoms with E-state index in [9.17, 15) is 14.7 Å². The number of pyridine rings is 1. The van der Waals surface area contributed by atoms with Gasteiger partial charge in [-0.15, -0.1) is 0 Å². The Hall–Kier alpha value is -2.47. The van der Waals surface area contributed by atoms with Gasteiger partial charge in [0.15, 0.2) is 0 Å². The fraction of sp³-hybridized carbons (Fsp3) is 0.450. The minimum absolute atomic E-state index is 0.0132. The van der Waals surface area contributed by atoms with Gasteiger partial charge in [-0.1, -0.05) is 18.2 Å². The number of rotatable bonds is 2. The zero-order chi connectivity index (χ0) is 18.3. The van der Waals surface area contributed by atoms with E-state index in [1.165, 1.54) is 0 Å². The van der Waals surface area contributed by atoms with Gasteiger partial charge in [0.25, 0.3) is 5.91 Å². The van der Waals surface area contributed by atoms with E-state index in [1.807, 2.05) is 47.2 Å². The van der Waals surface area contributed by atoms with Crippen LogP contribution in [0.25, 0.3) is 10.9 Å². The van der Waals surface area contributed by atoms with Crippen molar-refractivity contribution in [2.24, 2.45) is 5.41 Å². The molecule has 4 rings (SSSR count). The number of amides is 1. The lowest BCUT2D eigenvalue weighted by molar-refractivity contribution is -0.141. The zero-order valence-corrected chi connectivity index (χ0v) is 14.9. The summed E-state index contributed by atoms with van der Waals surface area (Å²) in [6.07, 6.45) is 4.04. The van der Waals surface area contributed by atoms with Gasteiger partial charge in [0, 0.05) is 31.2 Å². The number of carboxylic acids is 1. The van der Waals surface area contributed by atoms with Crippen molar-refractivity contribution in [2.45, 2.75) is 25.3 Å². The lowest BCUT2D eigenvalue weighted by atomic mass is 9.76. The smallest absolute Gasteiger partial charge is 0.320 e. The van der Waals surface area contributed by atoms with Crippen molar-refractivity contribution in [3.63, 3.8) is 0 Å². The molecule has 2 aliphatic heterocycles. The topological polar surface area (TPSA) is 73.7 Å². The van der Waals surface area contributed by atoms with Gasteiger partial charge in [0.2, 0.25) is 0 Å². The van der Waals surface area contributed by atoms with Crippen LogP contribution in [0.4, 0.5) is 0 Å². The number of carbonyl (C=O) groups excluding carboxylic acids is 1. The monoisotopic (exact) mass is 353 g/mol. The van der Waals surface area contributed by atoms with Crippen LogP contribution in [0, 0.1) is 5.41 Å². The van der Waals surface area contributed by atoms with Crippen LogP contribution < -0.4 is 0 Å². The summed E-state index contributed by atoms with van der Waals surface area (Å²) < 4.78 is 0. The van der Waals surface area contributed by atoms with Crippen molar-refractivity contribution in [1.82, 2.24) is 14.8 Å². The third-order valence-corrected chi connectivity index (χ3v) is 5.98. The second-order valence-corrected chi connectivity index (χ2v) is 7.68. The summed E-state index contributed by atoms with van der Waals surface area (Å²) in [5.74, 6) is -0.732. The van der Waals surface area contributed by atoms with E-state index >= 15 is 0 Å². The number of piperidine rings is 1. The molecule has 0 saturated carbocycles. The Morgan fingerprint density at radius 1 is 1.23 bits per heavy atom. The Bertz CT molecular complexity index is 858. The third-order valence-electron chi connectivity index (χ3n) is 5.98. The van der Waals surface area contributed by atoms with Gasteiger partial charge in [-0.2, -0.15) is 0 Å². The number of nitrogens with zero attached hydrogens (tertiary/aromatic N) is 3. The molecule has 2 fully saturated rings. The quantitative estimate of drug-likeness (QED) is 0.896. The first-order valence-corrected chi connectivity index (χ1v) is 9.05. The lowest BCUT2D eigenvalue weighted by Gasteiger charge is -2.39. The number of hydrogen-bond donors (Lipinski definition) is 1. The van der Waals surface area contributed by atoms with E-state index < -0.39 is 12.0 Å². The molecule has 26 heavy (non-hydrogen) atoms. The maximum atomic E-state index is 12.9. The standard InChI is InChI=1S/C20H23N3O3/c1-22-13-20(11-17(22)19(25)26)6-8-23(9-7-20)18(24)15-10-14-4-2-3-5-16(14)21-12-15/h2-5,10,12,17H,6-9,11,13H2,1H3,(H,25,26). The predicted octanol–water partition coefficient (Wildman–Crippen LogP) is 2.25. The molecule has 2 aromatic rings. The zero-order valence-electron chi connectivity index (χ0n) is 14.9. The van der Waals surface area contributed by atoms with Gasteiger partial charge in [0.05, 0.1) is 11.1 Å². The molecule has 2 saturated heterocycles. The first kappa shape index (κ1) is 17.0. The highest BCUT2D eigenvalue weighted by molar-refractivity contribution is 5.97. The summed E-state index contributed by atoms with van der Waals surface area (Å²) >= 11 is 0. The third kappa shape index (κ3) is 2.94. The molecule has 3 heterocycles. The molecule has 0 aliphatic carbocycles. The Morgan fingerprint density at radius 3 is 2.65 bits per heavy atom. The van der Waals surface area contributed by atoms with Crippen LogP contribution in [0.3, 0.4) is 0 Å². The maximum Gasteiger partial charge on any atom is 0.320 e. The van der Waals surface area contributed by atoms with Gasteiger partial charge >= 0.3 is 5.97 Å². The van der Waals surface area contributed by atoms with Crippen molar-refractivity contribution in [1.29, 1.82) is 0 Å². The van der Waals surface area contributed by atoms with E-state index in [1.54, 1.807) is 6.20 Å². The molecule has 1 atom stereocenters. The minimum atomic E-state index is -0.745. The average Bonchev–Trinajstić information content (AvgIpc) is 2.97. The van der Waals surface area contributed by atoms with Crippen LogP contribution in [0.15, 0.2) is 36.5 Å². The number of likely N-dealkylation sites (tertiary alicyclic amines) is 2. The van der Waals surface area contributed by atoms with E-state index in [0.717, 1.165) is 30.3 Å². The largest absolute Gasteiger partial charge is 0.480 e. The Morgan fingerprint density at radius 2 is 1.96 bits per heavy atom. The number of aliphatic carboxylic acids is 1. The highest BCUT2D eigenvalue weighted by Crippen LogP contribution is 2.43. The maximum absolute atomic E-state index is 12.9. The van der Waals surface area contributed by atoms with Crippen LogP contribution in [0.5, 0.6) is 0 Å². The number of carbonyl (C=O) groups is 2. The first-order valence-electron chi connectivity index (χ1n) is 9.05. The molecule has 1 spiro atoms. The van der Waals surface area contributed by atoms with Crippen molar-refractivity contribution < 1.29 is 14.7 Å². The fourth-order valence-corrected chi connectivity index (χ4v) is 4.46. The summed E-state index contributed by atoms with van der Waals surface area (Å²) in [6, 6.07) is 9.28. The van der Waals surface area contributed by atoms with Crippen LogP contribution in [0.2, 0.25) is 0 Å². The summed E-state index contributed by atoms with van der Waals surface area (Å²) in [5.41, 5.74) is 1.53. The van der Waals surface area contributed by atoms with E-state index in [2.05, 4.69) is 4.98 Å². The number of likely N-dealkylation sites (N-methyl/N-ethyl adjacent to an activating group) is 1. The van der Waals surface area contributed by atoms with Crippen LogP contribution in [-0.2, 0) is 4.79 Å². The molecular formula is C20H23N3O3. The van der Waals surface area contributed by atoms with Crippen molar-refractivity contribution in [3.05, 3.63) is 42.1 Å². The van der Waals surface area contributed by atoms with Gasteiger partial charge < -0.3 is 10.0 Å². The first-order chi connectivity index (χ1) is 12.5. The van der Waals surface area contributed by atoms with Gasteiger partial charge in [0.1, 0.15) is 6.04 Å². The molecule has 0 radical (unpaired) electrons. The van der Waals surface area contributed by atoms with Crippen molar-refractivity contribution in [2.75, 3.05) is 26.7 Å². The van der Waals surface area contributed by atoms with E-state index in [4.69, 9.17) is 0 Å². The highest BCUT2D eigenvalue weighted by atomic mass is 16.4. The molecular weight excluding hydrogens is 330 g/mol.